The van der Waals surface area contributed by atoms with Crippen LogP contribution >= 0.6 is 0 Å². The molecule has 2 rings (SSSR count). The van der Waals surface area contributed by atoms with Crippen LogP contribution in [0.2, 0.25) is 0 Å². The maximum atomic E-state index is 5.40. The zero-order valence-electron chi connectivity index (χ0n) is 11.4. The van der Waals surface area contributed by atoms with Crippen LogP contribution < -0.4 is 5.32 Å². The molecule has 1 heterocycles. The van der Waals surface area contributed by atoms with Crippen LogP contribution in [0.5, 0.6) is 0 Å². The SMILES string of the molecule is COCCOCCCNCc1ccc2cc[nH]c2c1. The highest BCUT2D eigenvalue weighted by molar-refractivity contribution is 5.79. The number of hydrogen-bond acceptors (Lipinski definition) is 3. The highest BCUT2D eigenvalue weighted by atomic mass is 16.5. The van der Waals surface area contributed by atoms with E-state index in [9.17, 15) is 0 Å². The molecule has 0 unspecified atom stereocenters. The first-order valence-electron chi connectivity index (χ1n) is 6.73. The third-order valence-electron chi connectivity index (χ3n) is 3.02. The van der Waals surface area contributed by atoms with Gasteiger partial charge in [-0.25, -0.2) is 0 Å². The number of aromatic amines is 1. The van der Waals surface area contributed by atoms with Crippen LogP contribution in [0.1, 0.15) is 12.0 Å². The van der Waals surface area contributed by atoms with Gasteiger partial charge in [0, 0.05) is 32.0 Å². The van der Waals surface area contributed by atoms with Gasteiger partial charge >= 0.3 is 0 Å². The topological polar surface area (TPSA) is 46.3 Å². The van der Waals surface area contributed by atoms with Crippen LogP contribution in [-0.2, 0) is 16.0 Å². The molecule has 0 aliphatic carbocycles. The molecule has 0 atom stereocenters. The smallest absolute Gasteiger partial charge is 0.0700 e. The van der Waals surface area contributed by atoms with Gasteiger partial charge in [-0.1, -0.05) is 12.1 Å². The van der Waals surface area contributed by atoms with Gasteiger partial charge in [0.1, 0.15) is 0 Å². The van der Waals surface area contributed by atoms with Crippen LogP contribution in [0.4, 0.5) is 0 Å². The van der Waals surface area contributed by atoms with Gasteiger partial charge in [0.2, 0.25) is 0 Å². The van der Waals surface area contributed by atoms with Gasteiger partial charge in [-0.3, -0.25) is 0 Å². The van der Waals surface area contributed by atoms with Crippen molar-refractivity contribution in [2.24, 2.45) is 0 Å². The van der Waals surface area contributed by atoms with Crippen molar-refractivity contribution < 1.29 is 9.47 Å². The average molecular weight is 262 g/mol. The summed E-state index contributed by atoms with van der Waals surface area (Å²) in [4.78, 5) is 3.23. The Kier molecular flexibility index (Phi) is 5.88. The summed E-state index contributed by atoms with van der Waals surface area (Å²) in [7, 11) is 1.69. The average Bonchev–Trinajstić information content (AvgIpc) is 2.89. The summed E-state index contributed by atoms with van der Waals surface area (Å²) in [5.74, 6) is 0. The predicted molar refractivity (Wildman–Crippen MR) is 77.3 cm³/mol. The zero-order chi connectivity index (χ0) is 13.3. The van der Waals surface area contributed by atoms with Gasteiger partial charge < -0.3 is 19.8 Å². The van der Waals surface area contributed by atoms with E-state index in [1.165, 1.54) is 16.5 Å². The van der Waals surface area contributed by atoms with E-state index in [0.29, 0.717) is 13.2 Å². The second-order valence-corrected chi connectivity index (χ2v) is 4.53. The lowest BCUT2D eigenvalue weighted by molar-refractivity contribution is 0.0695. The van der Waals surface area contributed by atoms with E-state index in [1.807, 2.05) is 6.20 Å². The summed E-state index contributed by atoms with van der Waals surface area (Å²) in [6.45, 7) is 4.00. The molecule has 0 fully saturated rings. The van der Waals surface area contributed by atoms with E-state index in [0.717, 1.165) is 26.1 Å². The molecule has 0 saturated carbocycles. The first-order chi connectivity index (χ1) is 9.40. The fourth-order valence-corrected chi connectivity index (χ4v) is 1.98. The van der Waals surface area contributed by atoms with Crippen molar-refractivity contribution in [3.05, 3.63) is 36.0 Å². The number of ether oxygens (including phenoxy) is 2. The molecule has 4 nitrogen and oxygen atoms in total. The summed E-state index contributed by atoms with van der Waals surface area (Å²) in [5, 5.41) is 4.68. The van der Waals surface area contributed by atoms with Crippen molar-refractivity contribution in [2.75, 3.05) is 33.5 Å². The molecule has 2 aromatic rings. The van der Waals surface area contributed by atoms with Crippen LogP contribution in [0, 0.1) is 0 Å². The van der Waals surface area contributed by atoms with Crippen molar-refractivity contribution in [1.29, 1.82) is 0 Å². The Morgan fingerprint density at radius 2 is 2.11 bits per heavy atom. The number of H-pyrrole nitrogens is 1. The minimum absolute atomic E-state index is 0.670. The lowest BCUT2D eigenvalue weighted by Gasteiger charge is -2.06. The van der Waals surface area contributed by atoms with E-state index >= 15 is 0 Å². The molecule has 0 amide bonds. The Hall–Kier alpha value is -1.36. The summed E-state index contributed by atoms with van der Waals surface area (Å²) < 4.78 is 10.3. The number of fused-ring (bicyclic) bond motifs is 1. The van der Waals surface area contributed by atoms with Gasteiger partial charge in [-0.15, -0.1) is 0 Å². The van der Waals surface area contributed by atoms with Gasteiger partial charge in [-0.05, 0) is 36.0 Å². The van der Waals surface area contributed by atoms with E-state index in [1.54, 1.807) is 7.11 Å². The molecule has 1 aromatic carbocycles. The normalized spacial score (nSPS) is 11.2. The van der Waals surface area contributed by atoms with Crippen LogP contribution in [0.15, 0.2) is 30.5 Å². The van der Waals surface area contributed by atoms with Crippen LogP contribution in [0.3, 0.4) is 0 Å². The van der Waals surface area contributed by atoms with Crippen molar-refractivity contribution in [2.45, 2.75) is 13.0 Å². The number of methoxy groups -OCH3 is 1. The van der Waals surface area contributed by atoms with E-state index in [2.05, 4.69) is 34.6 Å². The Morgan fingerprint density at radius 3 is 3.00 bits per heavy atom. The van der Waals surface area contributed by atoms with E-state index in [-0.39, 0.29) is 0 Å². The third kappa shape index (κ3) is 4.67. The summed E-state index contributed by atoms with van der Waals surface area (Å²) >= 11 is 0. The zero-order valence-corrected chi connectivity index (χ0v) is 11.4. The van der Waals surface area contributed by atoms with E-state index < -0.39 is 0 Å². The Morgan fingerprint density at radius 1 is 1.16 bits per heavy atom. The van der Waals surface area contributed by atoms with Crippen molar-refractivity contribution in [3.63, 3.8) is 0 Å². The Bertz CT molecular complexity index is 482. The molecule has 1 aromatic heterocycles. The molecular weight excluding hydrogens is 240 g/mol. The molecule has 0 aliphatic heterocycles. The number of rotatable bonds is 9. The lowest BCUT2D eigenvalue weighted by atomic mass is 10.1. The summed E-state index contributed by atoms with van der Waals surface area (Å²) in [6, 6.07) is 8.59. The monoisotopic (exact) mass is 262 g/mol. The molecule has 4 heteroatoms. The largest absolute Gasteiger partial charge is 0.382 e. The molecular formula is C15H22N2O2. The number of aromatic nitrogens is 1. The highest BCUT2D eigenvalue weighted by Crippen LogP contribution is 2.13. The highest BCUT2D eigenvalue weighted by Gasteiger charge is 1.97. The summed E-state index contributed by atoms with van der Waals surface area (Å²) in [5.41, 5.74) is 2.50. The molecule has 0 bridgehead atoms. The number of nitrogens with one attached hydrogen (secondary N) is 2. The fourth-order valence-electron chi connectivity index (χ4n) is 1.98. The maximum Gasteiger partial charge on any atom is 0.0700 e. The van der Waals surface area contributed by atoms with Crippen molar-refractivity contribution in [1.82, 2.24) is 10.3 Å². The molecule has 0 aliphatic rings. The maximum absolute atomic E-state index is 5.40. The Balaban J connectivity index is 1.60. The molecule has 0 saturated heterocycles. The van der Waals surface area contributed by atoms with Crippen LogP contribution in [0.25, 0.3) is 10.9 Å². The lowest BCUT2D eigenvalue weighted by Crippen LogP contribution is -2.16. The quantitative estimate of drug-likeness (QED) is 0.682. The van der Waals surface area contributed by atoms with E-state index in [4.69, 9.17) is 9.47 Å². The minimum atomic E-state index is 0.670. The molecule has 104 valence electrons. The number of benzene rings is 1. The molecule has 0 spiro atoms. The van der Waals surface area contributed by atoms with Crippen molar-refractivity contribution >= 4 is 10.9 Å². The predicted octanol–water partition coefficient (Wildman–Crippen LogP) is 2.31. The fraction of sp³-hybridized carbons (Fsp3) is 0.467. The molecule has 2 N–H and O–H groups in total. The van der Waals surface area contributed by atoms with Gasteiger partial charge in [-0.2, -0.15) is 0 Å². The van der Waals surface area contributed by atoms with Crippen LogP contribution in [-0.4, -0.2) is 38.5 Å². The Labute approximate surface area is 114 Å². The standard InChI is InChI=1S/C15H22N2O2/c1-18-9-10-19-8-2-6-16-12-13-3-4-14-5-7-17-15(14)11-13/h3-5,7,11,16-17H,2,6,8-10,12H2,1H3. The first-order valence-corrected chi connectivity index (χ1v) is 6.73. The molecule has 19 heavy (non-hydrogen) atoms. The summed E-state index contributed by atoms with van der Waals surface area (Å²) in [6.07, 6.45) is 2.99. The van der Waals surface area contributed by atoms with Gasteiger partial charge in [0.15, 0.2) is 0 Å². The first kappa shape index (κ1) is 14.1. The van der Waals surface area contributed by atoms with Gasteiger partial charge in [0.25, 0.3) is 0 Å². The second-order valence-electron chi connectivity index (χ2n) is 4.53. The van der Waals surface area contributed by atoms with Crippen molar-refractivity contribution in [3.8, 4) is 0 Å². The second kappa shape index (κ2) is 7.94. The number of hydrogen-bond donors (Lipinski definition) is 2. The minimum Gasteiger partial charge on any atom is -0.382 e. The third-order valence-corrected chi connectivity index (χ3v) is 3.02. The molecule has 0 radical (unpaired) electrons. The van der Waals surface area contributed by atoms with Gasteiger partial charge in [0.05, 0.1) is 13.2 Å².